The van der Waals surface area contributed by atoms with Gasteiger partial charge in [0, 0.05) is 51.1 Å². The Hall–Kier alpha value is -5.97. The van der Waals surface area contributed by atoms with Gasteiger partial charge in [-0.05, 0) is 124 Å². The van der Waals surface area contributed by atoms with Crippen LogP contribution >= 0.6 is 0 Å². The molecule has 16 nitrogen and oxygen atoms in total. The molecule has 0 bridgehead atoms. The van der Waals surface area contributed by atoms with Gasteiger partial charge < -0.3 is 9.64 Å². The van der Waals surface area contributed by atoms with Gasteiger partial charge in [0.1, 0.15) is 23.2 Å². The van der Waals surface area contributed by atoms with Crippen LogP contribution in [-0.4, -0.2) is 88.2 Å². The fourth-order valence-electron chi connectivity index (χ4n) is 10.0. The Balaban J connectivity index is 0.819. The molecule has 2 aliphatic heterocycles. The lowest BCUT2D eigenvalue weighted by Crippen LogP contribution is -2.51. The highest BCUT2D eigenvalue weighted by Gasteiger charge is 2.48. The van der Waals surface area contributed by atoms with Gasteiger partial charge in [-0.25, -0.2) is 18.6 Å². The number of ether oxygens (including phenoxy) is 1. The van der Waals surface area contributed by atoms with E-state index in [-0.39, 0.29) is 76.6 Å². The van der Waals surface area contributed by atoms with Gasteiger partial charge in [0.25, 0.3) is 5.56 Å². The Morgan fingerprint density at radius 3 is 2.43 bits per heavy atom. The Labute approximate surface area is 362 Å². The number of piperidine rings is 1. The Kier molecular flexibility index (Phi) is 11.0. The van der Waals surface area contributed by atoms with E-state index in [0.717, 1.165) is 86.4 Å². The van der Waals surface area contributed by atoms with Crippen LogP contribution in [0.25, 0.3) is 21.8 Å². The summed E-state index contributed by atoms with van der Waals surface area (Å²) in [5.74, 6) is -1.49. The SMILES string of the molecule is CCN(C)S(=O)(=O)Nc1ccc(F)c(Oc2ccc3ncn(C4CC5(CCN(C6CCC(c7cc8c(cc7F)c(N7CCC(=O)NC7=O)nn8C)CC6)CC5)C4)c(=O)c3c2)c1C#N. The number of hydrogen-bond donors (Lipinski definition) is 2. The van der Waals surface area contributed by atoms with Gasteiger partial charge in [0.15, 0.2) is 17.4 Å². The molecule has 5 aromatic rings. The van der Waals surface area contributed by atoms with E-state index < -0.39 is 27.8 Å². The van der Waals surface area contributed by atoms with Gasteiger partial charge in [-0.1, -0.05) is 6.92 Å². The number of imide groups is 1. The van der Waals surface area contributed by atoms with Crippen LogP contribution < -0.4 is 25.2 Å². The van der Waals surface area contributed by atoms with Crippen molar-refractivity contribution in [2.45, 2.75) is 82.7 Å². The number of urea groups is 1. The van der Waals surface area contributed by atoms with Crippen molar-refractivity contribution < 1.29 is 31.5 Å². The molecule has 2 aromatic heterocycles. The molecule has 0 radical (unpaired) electrons. The number of amides is 3. The topological polar surface area (TPSA) is 188 Å². The lowest BCUT2D eigenvalue weighted by Gasteiger charge is -2.54. The lowest BCUT2D eigenvalue weighted by atomic mass is 9.60. The molecular formula is C44H48F2N10O6S. The predicted molar refractivity (Wildman–Crippen MR) is 231 cm³/mol. The van der Waals surface area contributed by atoms with Crippen LogP contribution in [0.5, 0.6) is 11.5 Å². The monoisotopic (exact) mass is 882 g/mol. The van der Waals surface area contributed by atoms with Crippen LogP contribution in [0.4, 0.5) is 25.1 Å². The molecule has 1 spiro atoms. The standard InChI is InChI=1S/C44H48F2N10O6S/c1-4-52(2)63(60,61)51-37-12-10-34(45)40(33(37)24-47)62-29-9-11-36-31(19-29)42(58)56(25-48-36)28-22-44(23-28)14-17-54(18-15-44)27-7-5-26(6-8-27)30-21-38-32(20-35(30)46)41(50-53(38)3)55-16-13-39(57)49-43(55)59/h9-12,19-21,25-28,51H,4-8,13-18,22-23H2,1-3H3,(H,49,57,59). The van der Waals surface area contributed by atoms with Crippen LogP contribution in [0.1, 0.15) is 87.8 Å². The number of aromatic nitrogens is 4. The minimum Gasteiger partial charge on any atom is -0.453 e. The maximum Gasteiger partial charge on any atom is 0.329 e. The van der Waals surface area contributed by atoms with E-state index in [1.54, 1.807) is 35.6 Å². The Morgan fingerprint density at radius 2 is 1.73 bits per heavy atom. The number of aryl methyl sites for hydroxylation is 1. The molecule has 4 fully saturated rings. The number of carbonyl (C=O) groups excluding carboxylic acids is 2. The van der Waals surface area contributed by atoms with Crippen molar-refractivity contribution in [3.05, 3.63) is 81.9 Å². The zero-order chi connectivity index (χ0) is 44.4. The second-order valence-corrected chi connectivity index (χ2v) is 19.1. The Bertz CT molecular complexity index is 2870. The minimum absolute atomic E-state index is 0.0292. The van der Waals surface area contributed by atoms with E-state index >= 15 is 8.78 Å². The van der Waals surface area contributed by atoms with Crippen LogP contribution in [0.15, 0.2) is 53.6 Å². The third-order valence-electron chi connectivity index (χ3n) is 13.8. The van der Waals surface area contributed by atoms with Crippen LogP contribution in [0, 0.1) is 28.4 Å². The van der Waals surface area contributed by atoms with E-state index in [1.807, 2.05) is 12.1 Å². The number of rotatable bonds is 10. The first kappa shape index (κ1) is 42.3. The van der Waals surface area contributed by atoms with Gasteiger partial charge >= 0.3 is 16.2 Å². The molecule has 2 saturated heterocycles. The highest BCUT2D eigenvalue weighted by Crippen LogP contribution is 2.55. The van der Waals surface area contributed by atoms with E-state index in [9.17, 15) is 28.1 Å². The number of nitriles is 1. The average Bonchev–Trinajstić information content (AvgIpc) is 3.57. The van der Waals surface area contributed by atoms with Crippen LogP contribution in [-0.2, 0) is 22.1 Å². The summed E-state index contributed by atoms with van der Waals surface area (Å²) in [5.41, 5.74) is 1.23. The number of likely N-dealkylation sites (tertiary alicyclic amines) is 1. The number of nitrogens with zero attached hydrogens (tertiary/aromatic N) is 8. The molecule has 9 rings (SSSR count). The number of halogens is 2. The number of nitrogens with one attached hydrogen (secondary N) is 2. The Morgan fingerprint density at radius 1 is 0.984 bits per heavy atom. The van der Waals surface area contributed by atoms with Gasteiger partial charge in [0.2, 0.25) is 5.91 Å². The number of benzene rings is 3. The fraction of sp³-hybridized carbons (Fsp3) is 0.455. The molecule has 4 heterocycles. The maximum atomic E-state index is 15.8. The van der Waals surface area contributed by atoms with E-state index in [0.29, 0.717) is 28.3 Å². The maximum absolute atomic E-state index is 15.8. The fourth-order valence-corrected chi connectivity index (χ4v) is 11.0. The van der Waals surface area contributed by atoms with E-state index in [4.69, 9.17) is 4.74 Å². The molecule has 0 atom stereocenters. The molecule has 63 heavy (non-hydrogen) atoms. The number of hydrogen-bond acceptors (Lipinski definition) is 10. The van der Waals surface area contributed by atoms with Crippen molar-refractivity contribution in [1.29, 1.82) is 5.26 Å². The summed E-state index contributed by atoms with van der Waals surface area (Å²) in [6.45, 7) is 3.93. The van der Waals surface area contributed by atoms with Crippen molar-refractivity contribution in [3.8, 4) is 17.6 Å². The summed E-state index contributed by atoms with van der Waals surface area (Å²) in [4.78, 5) is 46.6. The molecule has 3 amide bonds. The zero-order valence-electron chi connectivity index (χ0n) is 35.2. The van der Waals surface area contributed by atoms with Gasteiger partial charge in [-0.3, -0.25) is 33.8 Å². The third kappa shape index (κ3) is 7.78. The van der Waals surface area contributed by atoms with E-state index in [1.165, 1.54) is 30.1 Å². The van der Waals surface area contributed by atoms with Crippen molar-refractivity contribution in [3.63, 3.8) is 0 Å². The highest BCUT2D eigenvalue weighted by molar-refractivity contribution is 7.90. The van der Waals surface area contributed by atoms with Crippen molar-refractivity contribution in [1.82, 2.24) is 33.9 Å². The van der Waals surface area contributed by atoms with Gasteiger partial charge in [-0.15, -0.1) is 0 Å². The molecule has 3 aromatic carbocycles. The van der Waals surface area contributed by atoms with Gasteiger partial charge in [0.05, 0.1) is 28.4 Å². The predicted octanol–water partition coefficient (Wildman–Crippen LogP) is 6.42. The van der Waals surface area contributed by atoms with Crippen molar-refractivity contribution >= 4 is 55.5 Å². The lowest BCUT2D eigenvalue weighted by molar-refractivity contribution is -0.120. The molecule has 19 heteroatoms. The summed E-state index contributed by atoms with van der Waals surface area (Å²) >= 11 is 0. The molecule has 2 aliphatic carbocycles. The molecule has 4 aliphatic rings. The second-order valence-electron chi connectivity index (χ2n) is 17.4. The molecular weight excluding hydrogens is 835 g/mol. The third-order valence-corrected chi connectivity index (χ3v) is 15.3. The first-order chi connectivity index (χ1) is 30.2. The smallest absolute Gasteiger partial charge is 0.329 e. The molecule has 2 saturated carbocycles. The number of carbonyl (C=O) groups is 2. The van der Waals surface area contributed by atoms with Crippen LogP contribution in [0.3, 0.4) is 0 Å². The first-order valence-corrected chi connectivity index (χ1v) is 22.8. The first-order valence-electron chi connectivity index (χ1n) is 21.3. The number of fused-ring (bicyclic) bond motifs is 2. The quantitative estimate of drug-likeness (QED) is 0.158. The molecule has 0 unspecified atom stereocenters. The van der Waals surface area contributed by atoms with Crippen LogP contribution in [0.2, 0.25) is 0 Å². The molecule has 330 valence electrons. The largest absolute Gasteiger partial charge is 0.453 e. The average molecular weight is 883 g/mol. The highest BCUT2D eigenvalue weighted by atomic mass is 32.2. The normalized spacial score (nSPS) is 20.9. The van der Waals surface area contributed by atoms with E-state index in [2.05, 4.69) is 25.0 Å². The summed E-state index contributed by atoms with van der Waals surface area (Å²) in [6, 6.07) is 11.8. The summed E-state index contributed by atoms with van der Waals surface area (Å²) < 4.78 is 68.8. The van der Waals surface area contributed by atoms with Crippen molar-refractivity contribution in [2.24, 2.45) is 12.5 Å². The zero-order valence-corrected chi connectivity index (χ0v) is 36.1. The number of anilines is 2. The second kappa shape index (κ2) is 16.3. The van der Waals surface area contributed by atoms with Crippen molar-refractivity contribution in [2.75, 3.05) is 42.8 Å². The summed E-state index contributed by atoms with van der Waals surface area (Å²) in [6.07, 6.45) is 9.13. The van der Waals surface area contributed by atoms with Gasteiger partial charge in [-0.2, -0.15) is 23.1 Å². The summed E-state index contributed by atoms with van der Waals surface area (Å²) in [7, 11) is -0.865. The summed E-state index contributed by atoms with van der Waals surface area (Å²) in [5, 5.41) is 17.6. The minimum atomic E-state index is -4.01. The molecule has 2 N–H and O–H groups in total.